The van der Waals surface area contributed by atoms with Gasteiger partial charge in [0.25, 0.3) is 0 Å². The van der Waals surface area contributed by atoms with Gasteiger partial charge in [0.2, 0.25) is 0 Å². The highest BCUT2D eigenvalue weighted by atomic mass is 16.5. The molecule has 0 spiro atoms. The maximum atomic E-state index is 11.7. The molecule has 7 nitrogen and oxygen atoms in total. The number of rotatable bonds is 5. The van der Waals surface area contributed by atoms with E-state index in [1.54, 1.807) is 22.6 Å². The summed E-state index contributed by atoms with van der Waals surface area (Å²) in [7, 11) is 2.76. The highest BCUT2D eigenvalue weighted by Gasteiger charge is 2.20. The fraction of sp³-hybridized carbons (Fsp3) is 0.308. The van der Waals surface area contributed by atoms with Gasteiger partial charge in [-0.2, -0.15) is 0 Å². The molecule has 20 heavy (non-hydrogen) atoms. The van der Waals surface area contributed by atoms with Crippen molar-refractivity contribution in [1.82, 2.24) is 9.38 Å². The Morgan fingerprint density at radius 3 is 2.70 bits per heavy atom. The summed E-state index contributed by atoms with van der Waals surface area (Å²) in [6.45, 7) is 0. The zero-order valence-electron chi connectivity index (χ0n) is 11.1. The molecule has 0 aliphatic heterocycles. The minimum Gasteiger partial charge on any atom is -0.482 e. The summed E-state index contributed by atoms with van der Waals surface area (Å²) < 4.78 is 11.5. The third kappa shape index (κ3) is 2.42. The van der Waals surface area contributed by atoms with Crippen LogP contribution in [0.25, 0.3) is 5.52 Å². The first kappa shape index (κ1) is 13.9. The summed E-state index contributed by atoms with van der Waals surface area (Å²) in [6.07, 6.45) is 0.103. The number of pyridine rings is 1. The van der Waals surface area contributed by atoms with Crippen molar-refractivity contribution in [1.29, 1.82) is 0 Å². The van der Waals surface area contributed by atoms with Crippen LogP contribution in [0.2, 0.25) is 0 Å². The Kier molecular flexibility index (Phi) is 3.88. The summed E-state index contributed by atoms with van der Waals surface area (Å²) in [5.74, 6) is -0.584. The number of carbonyl (C=O) groups excluding carboxylic acids is 1. The summed E-state index contributed by atoms with van der Waals surface area (Å²) in [4.78, 5) is 26.6. The Balaban J connectivity index is 2.60. The molecule has 0 aliphatic rings. The summed E-state index contributed by atoms with van der Waals surface area (Å²) >= 11 is 0. The molecule has 0 radical (unpaired) electrons. The van der Waals surface area contributed by atoms with Gasteiger partial charge >= 0.3 is 11.9 Å². The van der Waals surface area contributed by atoms with Crippen molar-refractivity contribution in [3.63, 3.8) is 0 Å². The molecular formula is C13H14N2O5. The molecule has 0 fully saturated rings. The van der Waals surface area contributed by atoms with Crippen molar-refractivity contribution in [3.8, 4) is 5.88 Å². The van der Waals surface area contributed by atoms with Crippen LogP contribution in [0.3, 0.4) is 0 Å². The second kappa shape index (κ2) is 5.60. The number of methoxy groups -OCH3 is 2. The minimum absolute atomic E-state index is 0.0855. The van der Waals surface area contributed by atoms with Gasteiger partial charge in [0.05, 0.1) is 26.2 Å². The molecule has 2 rings (SSSR count). The number of nitrogens with zero attached hydrogens (tertiary/aromatic N) is 2. The van der Waals surface area contributed by atoms with E-state index in [-0.39, 0.29) is 18.5 Å². The Bertz CT molecular complexity index is 662. The highest BCUT2D eigenvalue weighted by molar-refractivity contribution is 5.95. The Hall–Kier alpha value is -2.57. The van der Waals surface area contributed by atoms with Gasteiger partial charge in [0, 0.05) is 6.42 Å². The smallest absolute Gasteiger partial charge is 0.358 e. The number of fused-ring (bicyclic) bond motifs is 1. The predicted octanol–water partition coefficient (Wildman–Crippen LogP) is 1.15. The first-order valence-electron chi connectivity index (χ1n) is 5.93. The average Bonchev–Trinajstić information content (AvgIpc) is 2.83. The van der Waals surface area contributed by atoms with Crippen LogP contribution in [-0.2, 0) is 16.0 Å². The molecule has 0 bridgehead atoms. The van der Waals surface area contributed by atoms with Crippen molar-refractivity contribution in [2.24, 2.45) is 0 Å². The van der Waals surface area contributed by atoms with Crippen molar-refractivity contribution in [2.75, 3.05) is 14.2 Å². The molecule has 0 aliphatic carbocycles. The fourth-order valence-corrected chi connectivity index (χ4v) is 1.97. The second-order valence-corrected chi connectivity index (χ2v) is 4.05. The van der Waals surface area contributed by atoms with Gasteiger partial charge in [0.15, 0.2) is 11.6 Å². The molecule has 0 amide bonds. The monoisotopic (exact) mass is 278 g/mol. The first-order valence-corrected chi connectivity index (χ1v) is 5.93. The number of aromatic nitrogens is 2. The third-order valence-electron chi connectivity index (χ3n) is 2.85. The summed E-state index contributed by atoms with van der Waals surface area (Å²) in [6, 6.07) is 5.13. The average molecular weight is 278 g/mol. The molecule has 0 saturated heterocycles. The molecule has 106 valence electrons. The minimum atomic E-state index is -0.934. The third-order valence-corrected chi connectivity index (χ3v) is 2.85. The number of carboxylic acid groups (broad SMARTS) is 1. The number of carbonyl (C=O) groups is 2. The Labute approximate surface area is 114 Å². The molecular weight excluding hydrogens is 264 g/mol. The van der Waals surface area contributed by atoms with Gasteiger partial charge in [-0.25, -0.2) is 9.78 Å². The highest BCUT2D eigenvalue weighted by Crippen LogP contribution is 2.22. The van der Waals surface area contributed by atoms with Crippen molar-refractivity contribution >= 4 is 17.5 Å². The van der Waals surface area contributed by atoms with Gasteiger partial charge in [-0.15, -0.1) is 0 Å². The van der Waals surface area contributed by atoms with Crippen LogP contribution < -0.4 is 4.74 Å². The molecule has 2 aromatic heterocycles. The predicted molar refractivity (Wildman–Crippen MR) is 69.0 cm³/mol. The van der Waals surface area contributed by atoms with Gasteiger partial charge in [-0.3, -0.25) is 9.20 Å². The summed E-state index contributed by atoms with van der Waals surface area (Å²) in [5, 5.41) is 8.78. The largest absolute Gasteiger partial charge is 0.482 e. The maximum absolute atomic E-state index is 11.7. The van der Waals surface area contributed by atoms with E-state index in [0.29, 0.717) is 17.2 Å². The molecule has 0 saturated carbocycles. The standard InChI is InChI=1S/C13H14N2O5/c1-19-10-5-3-4-8-12(13(18)20-2)14-9(15(8)10)6-7-11(16)17/h3-5H,6-7H2,1-2H3,(H,16,17). The van der Waals surface area contributed by atoms with Crippen LogP contribution in [0.5, 0.6) is 5.88 Å². The van der Waals surface area contributed by atoms with E-state index in [4.69, 9.17) is 9.84 Å². The van der Waals surface area contributed by atoms with E-state index in [0.717, 1.165) is 0 Å². The van der Waals surface area contributed by atoms with Crippen LogP contribution in [0, 0.1) is 0 Å². The molecule has 0 unspecified atom stereocenters. The lowest BCUT2D eigenvalue weighted by Crippen LogP contribution is -2.03. The van der Waals surface area contributed by atoms with E-state index in [9.17, 15) is 9.59 Å². The Morgan fingerprint density at radius 1 is 1.35 bits per heavy atom. The van der Waals surface area contributed by atoms with Crippen LogP contribution in [0.15, 0.2) is 18.2 Å². The zero-order valence-corrected chi connectivity index (χ0v) is 11.1. The molecule has 7 heteroatoms. The van der Waals surface area contributed by atoms with Crippen LogP contribution in [0.4, 0.5) is 0 Å². The van der Waals surface area contributed by atoms with E-state index < -0.39 is 11.9 Å². The van der Waals surface area contributed by atoms with E-state index in [1.165, 1.54) is 14.2 Å². The second-order valence-electron chi connectivity index (χ2n) is 4.05. The van der Waals surface area contributed by atoms with Crippen LogP contribution >= 0.6 is 0 Å². The van der Waals surface area contributed by atoms with E-state index in [1.807, 2.05) is 0 Å². The molecule has 0 atom stereocenters. The molecule has 2 aromatic rings. The number of carboxylic acids is 1. The van der Waals surface area contributed by atoms with E-state index in [2.05, 4.69) is 9.72 Å². The SMILES string of the molecule is COC(=O)c1nc(CCC(=O)O)n2c(OC)cccc12. The van der Waals surface area contributed by atoms with Crippen molar-refractivity contribution in [2.45, 2.75) is 12.8 Å². The lowest BCUT2D eigenvalue weighted by atomic mass is 10.3. The van der Waals surface area contributed by atoms with Gasteiger partial charge < -0.3 is 14.6 Å². The number of hydrogen-bond acceptors (Lipinski definition) is 5. The van der Waals surface area contributed by atoms with Crippen LogP contribution in [-0.4, -0.2) is 40.6 Å². The lowest BCUT2D eigenvalue weighted by Gasteiger charge is -2.06. The number of ether oxygens (including phenoxy) is 2. The Morgan fingerprint density at radius 2 is 2.10 bits per heavy atom. The van der Waals surface area contributed by atoms with Crippen LogP contribution in [0.1, 0.15) is 22.7 Å². The number of hydrogen-bond donors (Lipinski definition) is 1. The van der Waals surface area contributed by atoms with Gasteiger partial charge in [-0.1, -0.05) is 6.07 Å². The topological polar surface area (TPSA) is 90.1 Å². The normalized spacial score (nSPS) is 10.5. The number of aryl methyl sites for hydroxylation is 1. The quantitative estimate of drug-likeness (QED) is 0.825. The van der Waals surface area contributed by atoms with Gasteiger partial charge in [0.1, 0.15) is 5.82 Å². The molecule has 1 N–H and O–H groups in total. The maximum Gasteiger partial charge on any atom is 0.358 e. The molecule has 2 heterocycles. The molecule has 0 aromatic carbocycles. The first-order chi connectivity index (χ1) is 9.58. The van der Waals surface area contributed by atoms with E-state index >= 15 is 0 Å². The summed E-state index contributed by atoms with van der Waals surface area (Å²) in [5.41, 5.74) is 0.670. The zero-order chi connectivity index (χ0) is 14.7. The number of aliphatic carboxylic acids is 1. The lowest BCUT2D eigenvalue weighted by molar-refractivity contribution is -0.137. The van der Waals surface area contributed by atoms with Crippen molar-refractivity contribution in [3.05, 3.63) is 29.7 Å². The number of esters is 1. The number of imidazole rings is 1. The fourth-order valence-electron chi connectivity index (χ4n) is 1.97. The van der Waals surface area contributed by atoms with Gasteiger partial charge in [-0.05, 0) is 12.1 Å². The van der Waals surface area contributed by atoms with Crippen molar-refractivity contribution < 1.29 is 24.2 Å².